The number of aromatic nitrogens is 1. The lowest BCUT2D eigenvalue weighted by molar-refractivity contribution is -0.129. The highest BCUT2D eigenvalue weighted by molar-refractivity contribution is 8.00. The molecule has 1 atom stereocenters. The minimum atomic E-state index is 0.197. The molecule has 1 N–H and O–H groups in total. The van der Waals surface area contributed by atoms with E-state index >= 15 is 0 Å². The van der Waals surface area contributed by atoms with Crippen LogP contribution in [0.2, 0.25) is 0 Å². The third kappa shape index (κ3) is 5.13. The summed E-state index contributed by atoms with van der Waals surface area (Å²) in [6.45, 7) is 1.60. The molecule has 0 bridgehead atoms. The van der Waals surface area contributed by atoms with Crippen molar-refractivity contribution in [3.8, 4) is 5.75 Å². The molecule has 0 spiro atoms. The van der Waals surface area contributed by atoms with E-state index in [9.17, 15) is 4.79 Å². The number of piperidine rings is 1. The maximum atomic E-state index is 12.5. The van der Waals surface area contributed by atoms with Gasteiger partial charge >= 0.3 is 0 Å². The number of pyridine rings is 1. The zero-order chi connectivity index (χ0) is 17.5. The number of rotatable bonds is 6. The molecule has 1 aromatic carbocycles. The average Bonchev–Trinajstić information content (AvgIpc) is 2.68. The molecule has 1 aromatic heterocycles. The smallest absolute Gasteiger partial charge is 0.233 e. The number of nitrogens with one attached hydrogen (secondary N) is 1. The molecule has 6 heteroatoms. The van der Waals surface area contributed by atoms with E-state index in [1.54, 1.807) is 31.3 Å². The van der Waals surface area contributed by atoms with Crippen LogP contribution >= 0.6 is 11.8 Å². The number of carbonyl (C=O) groups excluding carboxylic acids is 1. The van der Waals surface area contributed by atoms with Crippen LogP contribution in [0.5, 0.6) is 5.75 Å². The number of anilines is 1. The van der Waals surface area contributed by atoms with Crippen LogP contribution in [0.1, 0.15) is 12.8 Å². The Morgan fingerprint density at radius 2 is 2.04 bits per heavy atom. The lowest BCUT2D eigenvalue weighted by atomic mass is 10.1. The van der Waals surface area contributed by atoms with Gasteiger partial charge in [0.15, 0.2) is 0 Å². The van der Waals surface area contributed by atoms with Crippen molar-refractivity contribution in [3.05, 3.63) is 48.8 Å². The van der Waals surface area contributed by atoms with Gasteiger partial charge in [0.1, 0.15) is 5.75 Å². The van der Waals surface area contributed by atoms with E-state index in [4.69, 9.17) is 4.74 Å². The third-order valence-electron chi connectivity index (χ3n) is 4.25. The Kier molecular flexibility index (Phi) is 6.17. The van der Waals surface area contributed by atoms with Crippen molar-refractivity contribution < 1.29 is 9.53 Å². The Morgan fingerprint density at radius 1 is 1.28 bits per heavy atom. The number of ether oxygens (including phenoxy) is 1. The van der Waals surface area contributed by atoms with Crippen LogP contribution in [0.4, 0.5) is 5.69 Å². The maximum absolute atomic E-state index is 12.5. The van der Waals surface area contributed by atoms with Gasteiger partial charge in [0, 0.05) is 42.1 Å². The maximum Gasteiger partial charge on any atom is 0.233 e. The molecule has 3 rings (SSSR count). The second kappa shape index (κ2) is 8.76. The molecule has 132 valence electrons. The van der Waals surface area contributed by atoms with E-state index in [1.807, 2.05) is 41.3 Å². The van der Waals surface area contributed by atoms with Crippen LogP contribution in [0.25, 0.3) is 0 Å². The minimum absolute atomic E-state index is 0.197. The predicted molar refractivity (Wildman–Crippen MR) is 101 cm³/mol. The van der Waals surface area contributed by atoms with Gasteiger partial charge < -0.3 is 15.0 Å². The molecular weight excluding hydrogens is 334 g/mol. The van der Waals surface area contributed by atoms with Crippen molar-refractivity contribution >= 4 is 23.4 Å². The molecule has 1 aliphatic rings. The van der Waals surface area contributed by atoms with Gasteiger partial charge in [-0.1, -0.05) is 0 Å². The molecule has 0 radical (unpaired) electrons. The fourth-order valence-electron chi connectivity index (χ4n) is 2.92. The zero-order valence-electron chi connectivity index (χ0n) is 14.4. The van der Waals surface area contributed by atoms with Gasteiger partial charge in [0.05, 0.1) is 12.9 Å². The Labute approximate surface area is 152 Å². The average molecular weight is 357 g/mol. The van der Waals surface area contributed by atoms with Crippen molar-refractivity contribution in [2.45, 2.75) is 23.8 Å². The summed E-state index contributed by atoms with van der Waals surface area (Å²) in [6, 6.07) is 12.1. The quantitative estimate of drug-likeness (QED) is 0.804. The molecule has 0 saturated carbocycles. The molecule has 0 unspecified atom stereocenters. The van der Waals surface area contributed by atoms with Crippen molar-refractivity contribution in [1.29, 1.82) is 0 Å². The van der Waals surface area contributed by atoms with E-state index in [0.29, 0.717) is 5.75 Å². The number of likely N-dealkylation sites (tertiary alicyclic amines) is 1. The lowest BCUT2D eigenvalue weighted by Gasteiger charge is -2.33. The van der Waals surface area contributed by atoms with Crippen LogP contribution in [0.15, 0.2) is 53.7 Å². The number of thioether (sulfide) groups is 1. The number of nitrogens with zero attached hydrogens (tertiary/aromatic N) is 2. The van der Waals surface area contributed by atoms with Crippen LogP contribution in [-0.4, -0.2) is 47.8 Å². The largest absolute Gasteiger partial charge is 0.497 e. The first-order valence-electron chi connectivity index (χ1n) is 8.46. The lowest BCUT2D eigenvalue weighted by Crippen LogP contribution is -2.45. The van der Waals surface area contributed by atoms with Crippen LogP contribution < -0.4 is 10.1 Å². The molecule has 1 aliphatic heterocycles. The Morgan fingerprint density at radius 3 is 2.76 bits per heavy atom. The number of hydrogen-bond donors (Lipinski definition) is 1. The van der Waals surface area contributed by atoms with Gasteiger partial charge in [-0.25, -0.2) is 0 Å². The van der Waals surface area contributed by atoms with Crippen molar-refractivity contribution in [2.24, 2.45) is 0 Å². The number of amides is 1. The summed E-state index contributed by atoms with van der Waals surface area (Å²) < 4.78 is 5.18. The first kappa shape index (κ1) is 17.6. The Bertz CT molecular complexity index is 679. The van der Waals surface area contributed by atoms with E-state index in [0.717, 1.165) is 42.3 Å². The first-order valence-corrected chi connectivity index (χ1v) is 9.44. The van der Waals surface area contributed by atoms with E-state index < -0.39 is 0 Å². The summed E-state index contributed by atoms with van der Waals surface area (Å²) in [4.78, 5) is 19.5. The van der Waals surface area contributed by atoms with Crippen molar-refractivity contribution in [2.75, 3.05) is 31.3 Å². The second-order valence-corrected chi connectivity index (χ2v) is 7.07. The van der Waals surface area contributed by atoms with Crippen LogP contribution in [0.3, 0.4) is 0 Å². The molecule has 1 saturated heterocycles. The topological polar surface area (TPSA) is 54.5 Å². The van der Waals surface area contributed by atoms with Crippen molar-refractivity contribution in [1.82, 2.24) is 9.88 Å². The van der Waals surface area contributed by atoms with Gasteiger partial charge in [-0.3, -0.25) is 9.78 Å². The fourth-order valence-corrected chi connectivity index (χ4v) is 3.70. The molecule has 1 amide bonds. The molecule has 2 heterocycles. The highest BCUT2D eigenvalue weighted by atomic mass is 32.2. The standard InChI is InChI=1S/C19H23N3O2S/c1-24-17-6-4-15(5-7-17)21-16-3-2-12-22(13-16)19(23)14-25-18-8-10-20-11-9-18/h4-11,16,21H,2-3,12-14H2,1H3/t16-/m1/s1. The van der Waals surface area contributed by atoms with E-state index in [1.165, 1.54) is 0 Å². The molecule has 0 aliphatic carbocycles. The SMILES string of the molecule is COc1ccc(N[C@@H]2CCCN(C(=O)CSc3ccncc3)C2)cc1. The third-order valence-corrected chi connectivity index (χ3v) is 5.24. The van der Waals surface area contributed by atoms with Crippen molar-refractivity contribution in [3.63, 3.8) is 0 Å². The van der Waals surface area contributed by atoms with Crippen LogP contribution in [0, 0.1) is 0 Å². The molecule has 25 heavy (non-hydrogen) atoms. The molecule has 1 fully saturated rings. The summed E-state index contributed by atoms with van der Waals surface area (Å²) in [5, 5.41) is 3.53. The summed E-state index contributed by atoms with van der Waals surface area (Å²) in [5.74, 6) is 1.52. The van der Waals surface area contributed by atoms with E-state index in [-0.39, 0.29) is 11.9 Å². The summed E-state index contributed by atoms with van der Waals surface area (Å²) in [5.41, 5.74) is 1.06. The van der Waals surface area contributed by atoms with Gasteiger partial charge in [-0.2, -0.15) is 0 Å². The molecule has 5 nitrogen and oxygen atoms in total. The number of hydrogen-bond acceptors (Lipinski definition) is 5. The predicted octanol–water partition coefficient (Wildman–Crippen LogP) is 3.29. The normalized spacial score (nSPS) is 17.2. The Hall–Kier alpha value is -2.21. The number of carbonyl (C=O) groups is 1. The monoisotopic (exact) mass is 357 g/mol. The molecular formula is C19H23N3O2S. The first-order chi connectivity index (χ1) is 12.2. The van der Waals surface area contributed by atoms with Gasteiger partial charge in [-0.15, -0.1) is 11.8 Å². The number of benzene rings is 1. The highest BCUT2D eigenvalue weighted by Gasteiger charge is 2.23. The van der Waals surface area contributed by atoms with Gasteiger partial charge in [-0.05, 0) is 49.2 Å². The summed E-state index contributed by atoms with van der Waals surface area (Å²) in [6.07, 6.45) is 5.61. The second-order valence-electron chi connectivity index (χ2n) is 6.02. The fraction of sp³-hybridized carbons (Fsp3) is 0.368. The summed E-state index contributed by atoms with van der Waals surface area (Å²) >= 11 is 1.57. The number of methoxy groups -OCH3 is 1. The van der Waals surface area contributed by atoms with Gasteiger partial charge in [0.2, 0.25) is 5.91 Å². The summed E-state index contributed by atoms with van der Waals surface area (Å²) in [7, 11) is 1.66. The van der Waals surface area contributed by atoms with E-state index in [2.05, 4.69) is 10.3 Å². The van der Waals surface area contributed by atoms with Gasteiger partial charge in [0.25, 0.3) is 0 Å². The Balaban J connectivity index is 1.50. The minimum Gasteiger partial charge on any atom is -0.497 e. The highest BCUT2D eigenvalue weighted by Crippen LogP contribution is 2.21. The van der Waals surface area contributed by atoms with Crippen LogP contribution in [-0.2, 0) is 4.79 Å². The zero-order valence-corrected chi connectivity index (χ0v) is 15.2. The molecule has 2 aromatic rings.